The third kappa shape index (κ3) is 2.83. The highest BCUT2D eigenvalue weighted by molar-refractivity contribution is 6.10. The number of hydrazone groups is 1. The molecule has 0 saturated carbocycles. The van der Waals surface area contributed by atoms with Gasteiger partial charge in [-0.25, -0.2) is 0 Å². The molecule has 0 spiro atoms. The van der Waals surface area contributed by atoms with E-state index < -0.39 is 0 Å². The van der Waals surface area contributed by atoms with Gasteiger partial charge in [-0.05, 0) is 31.5 Å². The molecule has 0 amide bonds. The van der Waals surface area contributed by atoms with E-state index in [-0.39, 0.29) is 28.5 Å². The largest absolute Gasteiger partial charge is 0.505 e. The Labute approximate surface area is 104 Å². The minimum atomic E-state index is -0.375. The molecule has 0 aliphatic carbocycles. The van der Waals surface area contributed by atoms with Crippen LogP contribution in [0.5, 0.6) is 5.75 Å². The van der Waals surface area contributed by atoms with Crippen molar-refractivity contribution in [1.29, 1.82) is 10.5 Å². The highest BCUT2D eigenvalue weighted by Gasteiger charge is 2.12. The maximum atomic E-state index is 11.3. The van der Waals surface area contributed by atoms with Crippen LogP contribution in [0.3, 0.4) is 0 Å². The summed E-state index contributed by atoms with van der Waals surface area (Å²) in [5.74, 6) is -0.545. The first-order valence-electron chi connectivity index (χ1n) is 4.98. The monoisotopic (exact) mass is 242 g/mol. The van der Waals surface area contributed by atoms with Crippen molar-refractivity contribution in [3.63, 3.8) is 0 Å². The van der Waals surface area contributed by atoms with E-state index in [1.165, 1.54) is 6.92 Å². The molecule has 0 saturated heterocycles. The van der Waals surface area contributed by atoms with Crippen molar-refractivity contribution in [2.24, 2.45) is 5.10 Å². The molecule has 0 aliphatic rings. The zero-order valence-corrected chi connectivity index (χ0v) is 9.85. The number of hydrogen-bond acceptors (Lipinski definition) is 6. The van der Waals surface area contributed by atoms with Crippen molar-refractivity contribution in [3.8, 4) is 17.9 Å². The Balaban J connectivity index is 3.20. The first-order chi connectivity index (χ1) is 8.49. The number of benzene rings is 1. The lowest BCUT2D eigenvalue weighted by Gasteiger charge is -2.08. The molecule has 6 heteroatoms. The van der Waals surface area contributed by atoms with Gasteiger partial charge in [-0.15, -0.1) is 0 Å². The van der Waals surface area contributed by atoms with Crippen LogP contribution in [-0.2, 0) is 0 Å². The number of nitrogens with zero attached hydrogens (tertiary/aromatic N) is 3. The standard InChI is InChI=1S/C12H10N4O2/c1-7-3-10(8(2)17)12(18)11(4-7)16-15-9(5-13)6-14/h3-4,16,18H,1-2H3. The van der Waals surface area contributed by atoms with Crippen LogP contribution in [0.1, 0.15) is 22.8 Å². The normalized spacial score (nSPS) is 8.89. The Bertz CT molecular complexity index is 590. The molecule has 90 valence electrons. The SMILES string of the molecule is CC(=O)c1cc(C)cc(NN=C(C#N)C#N)c1O. The fourth-order valence-corrected chi connectivity index (χ4v) is 1.32. The van der Waals surface area contributed by atoms with Gasteiger partial charge in [0.15, 0.2) is 11.5 Å². The third-order valence-electron chi connectivity index (χ3n) is 2.13. The molecule has 6 nitrogen and oxygen atoms in total. The summed E-state index contributed by atoms with van der Waals surface area (Å²) in [6, 6.07) is 6.24. The van der Waals surface area contributed by atoms with Crippen LogP contribution in [-0.4, -0.2) is 16.6 Å². The number of anilines is 1. The lowest BCUT2D eigenvalue weighted by Crippen LogP contribution is -2.00. The van der Waals surface area contributed by atoms with E-state index in [0.29, 0.717) is 0 Å². The van der Waals surface area contributed by atoms with Crippen LogP contribution in [0.15, 0.2) is 17.2 Å². The number of carbonyl (C=O) groups is 1. The van der Waals surface area contributed by atoms with Crippen molar-refractivity contribution in [3.05, 3.63) is 23.3 Å². The summed E-state index contributed by atoms with van der Waals surface area (Å²) < 4.78 is 0. The van der Waals surface area contributed by atoms with Crippen molar-refractivity contribution < 1.29 is 9.90 Å². The van der Waals surface area contributed by atoms with Crippen LogP contribution < -0.4 is 5.43 Å². The van der Waals surface area contributed by atoms with Crippen LogP contribution in [0.4, 0.5) is 5.69 Å². The third-order valence-corrected chi connectivity index (χ3v) is 2.13. The Hall–Kier alpha value is -2.86. The average molecular weight is 242 g/mol. The van der Waals surface area contributed by atoms with Gasteiger partial charge in [0.1, 0.15) is 12.1 Å². The minimum Gasteiger partial charge on any atom is -0.505 e. The number of carbonyl (C=O) groups excluding carboxylic acids is 1. The summed E-state index contributed by atoms with van der Waals surface area (Å²) >= 11 is 0. The Morgan fingerprint density at radius 3 is 2.50 bits per heavy atom. The van der Waals surface area contributed by atoms with Crippen LogP contribution in [0, 0.1) is 29.6 Å². The summed E-state index contributed by atoms with van der Waals surface area (Å²) in [7, 11) is 0. The van der Waals surface area contributed by atoms with Crippen LogP contribution in [0.25, 0.3) is 0 Å². The molecule has 1 aromatic rings. The second kappa shape index (κ2) is 5.46. The first-order valence-corrected chi connectivity index (χ1v) is 4.98. The molecule has 0 aromatic heterocycles. The van der Waals surface area contributed by atoms with Gasteiger partial charge in [0, 0.05) is 0 Å². The number of hydrogen-bond donors (Lipinski definition) is 2. The average Bonchev–Trinajstić information content (AvgIpc) is 2.33. The molecule has 0 aliphatic heterocycles. The summed E-state index contributed by atoms with van der Waals surface area (Å²) in [5.41, 5.74) is 3.08. The molecule has 1 rings (SSSR count). The predicted molar refractivity (Wildman–Crippen MR) is 65.1 cm³/mol. The number of rotatable bonds is 3. The molecule has 0 radical (unpaired) electrons. The number of Topliss-reactive ketones (excluding diaryl/α,β-unsaturated/α-hetero) is 1. The quantitative estimate of drug-likeness (QED) is 0.363. The molecular weight excluding hydrogens is 232 g/mol. The number of aryl methyl sites for hydroxylation is 1. The van der Waals surface area contributed by atoms with Crippen LogP contribution in [0.2, 0.25) is 0 Å². The highest BCUT2D eigenvalue weighted by atomic mass is 16.3. The Morgan fingerprint density at radius 2 is 2.00 bits per heavy atom. The first kappa shape index (κ1) is 13.2. The number of aromatic hydroxyl groups is 1. The lowest BCUT2D eigenvalue weighted by atomic mass is 10.1. The van der Waals surface area contributed by atoms with Crippen molar-refractivity contribution >= 4 is 17.2 Å². The topological polar surface area (TPSA) is 109 Å². The predicted octanol–water partition coefficient (Wildman–Crippen LogP) is 1.72. The number of nitriles is 2. The van der Waals surface area contributed by atoms with E-state index in [2.05, 4.69) is 10.5 Å². The van der Waals surface area contributed by atoms with E-state index in [9.17, 15) is 9.90 Å². The summed E-state index contributed by atoms with van der Waals surface area (Å²) in [5, 5.41) is 30.4. The maximum absolute atomic E-state index is 11.3. The molecule has 0 unspecified atom stereocenters. The fourth-order valence-electron chi connectivity index (χ4n) is 1.32. The molecule has 18 heavy (non-hydrogen) atoms. The summed E-state index contributed by atoms with van der Waals surface area (Å²) in [6.45, 7) is 3.08. The molecule has 1 aromatic carbocycles. The van der Waals surface area contributed by atoms with Gasteiger partial charge >= 0.3 is 0 Å². The zero-order chi connectivity index (χ0) is 13.7. The number of ketones is 1. The molecule has 0 heterocycles. The van der Waals surface area contributed by atoms with Gasteiger partial charge in [0.25, 0.3) is 0 Å². The van der Waals surface area contributed by atoms with E-state index >= 15 is 0 Å². The Morgan fingerprint density at radius 1 is 1.39 bits per heavy atom. The van der Waals surface area contributed by atoms with E-state index in [4.69, 9.17) is 10.5 Å². The van der Waals surface area contributed by atoms with E-state index in [0.717, 1.165) is 5.56 Å². The van der Waals surface area contributed by atoms with Crippen molar-refractivity contribution in [1.82, 2.24) is 0 Å². The fraction of sp³-hybridized carbons (Fsp3) is 0.167. The minimum absolute atomic E-state index is 0.156. The van der Waals surface area contributed by atoms with E-state index in [1.54, 1.807) is 31.2 Å². The highest BCUT2D eigenvalue weighted by Crippen LogP contribution is 2.29. The lowest BCUT2D eigenvalue weighted by molar-refractivity contribution is 0.101. The Kier molecular flexibility index (Phi) is 4.01. The second-order valence-electron chi connectivity index (χ2n) is 3.56. The maximum Gasteiger partial charge on any atom is 0.237 e. The number of phenolic OH excluding ortho intramolecular Hbond substituents is 1. The molecule has 0 fully saturated rings. The van der Waals surface area contributed by atoms with Crippen molar-refractivity contribution in [2.45, 2.75) is 13.8 Å². The van der Waals surface area contributed by atoms with Gasteiger partial charge in [-0.1, -0.05) is 0 Å². The smallest absolute Gasteiger partial charge is 0.237 e. The van der Waals surface area contributed by atoms with Gasteiger partial charge in [-0.2, -0.15) is 15.6 Å². The van der Waals surface area contributed by atoms with Crippen LogP contribution >= 0.6 is 0 Å². The molecule has 2 N–H and O–H groups in total. The van der Waals surface area contributed by atoms with Crippen molar-refractivity contribution in [2.75, 3.05) is 5.43 Å². The number of nitrogens with one attached hydrogen (secondary N) is 1. The van der Waals surface area contributed by atoms with Gasteiger partial charge in [0.05, 0.1) is 11.3 Å². The number of phenols is 1. The van der Waals surface area contributed by atoms with Gasteiger partial charge < -0.3 is 5.11 Å². The summed E-state index contributed by atoms with van der Waals surface area (Å²) in [6.07, 6.45) is 0. The second-order valence-corrected chi connectivity index (χ2v) is 3.56. The zero-order valence-electron chi connectivity index (χ0n) is 9.85. The van der Waals surface area contributed by atoms with Gasteiger partial charge in [-0.3, -0.25) is 10.2 Å². The van der Waals surface area contributed by atoms with E-state index in [1.807, 2.05) is 0 Å². The summed E-state index contributed by atoms with van der Waals surface area (Å²) in [4.78, 5) is 11.3. The molecule has 0 bridgehead atoms. The van der Waals surface area contributed by atoms with Gasteiger partial charge in [0.2, 0.25) is 5.71 Å². The molecule has 0 atom stereocenters. The molecular formula is C12H10N4O2.